The number of carbonyl (C=O) groups excluding carboxylic acids is 1. The topological polar surface area (TPSA) is 44.4 Å². The molecule has 0 unspecified atom stereocenters. The van der Waals surface area contributed by atoms with Gasteiger partial charge in [0.1, 0.15) is 0 Å². The van der Waals surface area contributed by atoms with E-state index in [1.807, 2.05) is 12.1 Å². The SMILES string of the molecule is O=CN(NC(=S)Nc1ccccc1Cl)c1ccccc1Cl. The first-order chi connectivity index (χ1) is 10.1. The molecule has 2 rings (SSSR count). The second-order valence-corrected chi connectivity index (χ2v) is 5.20. The van der Waals surface area contributed by atoms with Gasteiger partial charge in [-0.2, -0.15) is 0 Å². The molecule has 0 aliphatic rings. The van der Waals surface area contributed by atoms with Crippen LogP contribution in [-0.4, -0.2) is 11.5 Å². The first-order valence-corrected chi connectivity index (χ1v) is 7.09. The maximum atomic E-state index is 11.2. The van der Waals surface area contributed by atoms with Crippen LogP contribution in [0.1, 0.15) is 0 Å². The summed E-state index contributed by atoms with van der Waals surface area (Å²) in [5, 5.41) is 5.27. The average Bonchev–Trinajstić information content (AvgIpc) is 2.48. The van der Waals surface area contributed by atoms with Crippen LogP contribution in [0.4, 0.5) is 11.4 Å². The molecule has 0 atom stereocenters. The number of anilines is 2. The Morgan fingerprint density at radius 3 is 2.29 bits per heavy atom. The number of nitrogens with zero attached hydrogens (tertiary/aromatic N) is 1. The highest BCUT2D eigenvalue weighted by Crippen LogP contribution is 2.23. The molecule has 2 N–H and O–H groups in total. The van der Waals surface area contributed by atoms with Crippen LogP contribution in [0.2, 0.25) is 10.0 Å². The number of amides is 1. The molecule has 0 saturated carbocycles. The van der Waals surface area contributed by atoms with Crippen LogP contribution >= 0.6 is 35.4 Å². The first-order valence-electron chi connectivity index (χ1n) is 5.93. The van der Waals surface area contributed by atoms with E-state index in [1.165, 1.54) is 5.01 Å². The monoisotopic (exact) mass is 339 g/mol. The summed E-state index contributed by atoms with van der Waals surface area (Å²) in [5.74, 6) is 0. The van der Waals surface area contributed by atoms with Crippen molar-refractivity contribution in [3.63, 3.8) is 0 Å². The summed E-state index contributed by atoms with van der Waals surface area (Å²) in [7, 11) is 0. The summed E-state index contributed by atoms with van der Waals surface area (Å²) in [5.41, 5.74) is 3.88. The molecule has 0 bridgehead atoms. The normalized spacial score (nSPS) is 9.81. The van der Waals surface area contributed by atoms with Gasteiger partial charge in [-0.05, 0) is 36.5 Å². The summed E-state index contributed by atoms with van der Waals surface area (Å²) in [6.07, 6.45) is 0.585. The number of hydrogen-bond donors (Lipinski definition) is 2. The van der Waals surface area contributed by atoms with Gasteiger partial charge >= 0.3 is 0 Å². The fourth-order valence-electron chi connectivity index (χ4n) is 1.61. The third-order valence-electron chi connectivity index (χ3n) is 2.56. The average molecular weight is 340 g/mol. The van der Waals surface area contributed by atoms with Crippen molar-refractivity contribution >= 4 is 58.3 Å². The summed E-state index contributed by atoms with van der Waals surface area (Å²) in [6.45, 7) is 0. The van der Waals surface area contributed by atoms with Gasteiger partial charge < -0.3 is 5.32 Å². The molecule has 0 aromatic heterocycles. The number of benzene rings is 2. The molecule has 2 aromatic carbocycles. The zero-order valence-electron chi connectivity index (χ0n) is 10.7. The molecule has 0 aliphatic carbocycles. The van der Waals surface area contributed by atoms with Crippen molar-refractivity contribution < 1.29 is 4.79 Å². The van der Waals surface area contributed by atoms with E-state index in [0.717, 1.165) is 0 Å². The molecule has 1 amide bonds. The van der Waals surface area contributed by atoms with Gasteiger partial charge in [0.25, 0.3) is 0 Å². The Morgan fingerprint density at radius 1 is 1.05 bits per heavy atom. The van der Waals surface area contributed by atoms with Crippen molar-refractivity contribution in [1.82, 2.24) is 5.43 Å². The second kappa shape index (κ2) is 7.26. The molecule has 4 nitrogen and oxygen atoms in total. The Balaban J connectivity index is 2.09. The third-order valence-corrected chi connectivity index (χ3v) is 3.40. The predicted octanol–water partition coefficient (Wildman–Crippen LogP) is 3.86. The van der Waals surface area contributed by atoms with Crippen molar-refractivity contribution in [1.29, 1.82) is 0 Å². The van der Waals surface area contributed by atoms with Gasteiger partial charge in [0.2, 0.25) is 6.41 Å². The molecule has 0 aliphatic heterocycles. The zero-order chi connectivity index (χ0) is 15.2. The Bertz CT molecular complexity index is 666. The van der Waals surface area contributed by atoms with Crippen molar-refractivity contribution in [2.24, 2.45) is 0 Å². The standard InChI is InChI=1S/C14H11Cl2N3OS/c15-10-5-1-3-7-12(10)17-14(21)18-19(9-20)13-8-4-2-6-11(13)16/h1-9H,(H2,17,18,21). The van der Waals surface area contributed by atoms with Gasteiger partial charge in [-0.15, -0.1) is 0 Å². The summed E-state index contributed by atoms with van der Waals surface area (Å²) in [6, 6.07) is 14.1. The van der Waals surface area contributed by atoms with E-state index in [9.17, 15) is 4.79 Å². The van der Waals surface area contributed by atoms with Gasteiger partial charge in [-0.25, -0.2) is 5.01 Å². The van der Waals surface area contributed by atoms with Crippen molar-refractivity contribution in [2.75, 3.05) is 10.3 Å². The quantitative estimate of drug-likeness (QED) is 0.504. The molecule has 2 aromatic rings. The Morgan fingerprint density at radius 2 is 1.67 bits per heavy atom. The minimum Gasteiger partial charge on any atom is -0.330 e. The maximum absolute atomic E-state index is 11.2. The fraction of sp³-hybridized carbons (Fsp3) is 0. The first kappa shape index (κ1) is 15.6. The summed E-state index contributed by atoms with van der Waals surface area (Å²) >= 11 is 17.2. The number of hydrogen-bond acceptors (Lipinski definition) is 2. The Hall–Kier alpha value is -1.82. The highest BCUT2D eigenvalue weighted by Gasteiger charge is 2.11. The smallest absolute Gasteiger partial charge is 0.232 e. The van der Waals surface area contributed by atoms with Gasteiger partial charge in [0.05, 0.1) is 21.4 Å². The Kier molecular flexibility index (Phi) is 5.38. The number of hydrazine groups is 1. The minimum absolute atomic E-state index is 0.218. The van der Waals surface area contributed by atoms with Crippen LogP contribution in [0.5, 0.6) is 0 Å². The molecule has 108 valence electrons. The Labute approximate surface area is 137 Å². The van der Waals surface area contributed by atoms with Crippen LogP contribution in [0, 0.1) is 0 Å². The van der Waals surface area contributed by atoms with Gasteiger partial charge in [0.15, 0.2) is 5.11 Å². The lowest BCUT2D eigenvalue weighted by Crippen LogP contribution is -2.43. The number of halogens is 2. The van der Waals surface area contributed by atoms with Gasteiger partial charge in [-0.3, -0.25) is 10.2 Å². The lowest BCUT2D eigenvalue weighted by molar-refractivity contribution is -0.107. The predicted molar refractivity (Wildman–Crippen MR) is 90.8 cm³/mol. The van der Waals surface area contributed by atoms with E-state index in [1.54, 1.807) is 36.4 Å². The lowest BCUT2D eigenvalue weighted by Gasteiger charge is -2.21. The number of nitrogens with one attached hydrogen (secondary N) is 2. The molecule has 0 spiro atoms. The second-order valence-electron chi connectivity index (χ2n) is 3.97. The summed E-state index contributed by atoms with van der Waals surface area (Å²) < 4.78 is 0. The number of rotatable bonds is 4. The van der Waals surface area contributed by atoms with Crippen molar-refractivity contribution in [2.45, 2.75) is 0 Å². The van der Waals surface area contributed by atoms with E-state index >= 15 is 0 Å². The highest BCUT2D eigenvalue weighted by atomic mass is 35.5. The summed E-state index contributed by atoms with van der Waals surface area (Å²) in [4.78, 5) is 11.2. The molecule has 21 heavy (non-hydrogen) atoms. The third kappa shape index (κ3) is 4.07. The van der Waals surface area contributed by atoms with E-state index < -0.39 is 0 Å². The fourth-order valence-corrected chi connectivity index (χ4v) is 2.23. The van der Waals surface area contributed by atoms with Crippen LogP contribution in [0.25, 0.3) is 0 Å². The molecular formula is C14H11Cl2N3OS. The van der Waals surface area contributed by atoms with Gasteiger partial charge in [-0.1, -0.05) is 47.5 Å². The van der Waals surface area contributed by atoms with E-state index in [4.69, 9.17) is 35.4 Å². The van der Waals surface area contributed by atoms with E-state index in [-0.39, 0.29) is 5.11 Å². The molecule has 0 saturated heterocycles. The highest BCUT2D eigenvalue weighted by molar-refractivity contribution is 7.80. The largest absolute Gasteiger partial charge is 0.330 e. The van der Waals surface area contributed by atoms with Crippen LogP contribution in [0.3, 0.4) is 0 Å². The number of carbonyl (C=O) groups is 1. The van der Waals surface area contributed by atoms with Crippen LogP contribution < -0.4 is 15.8 Å². The molecule has 0 heterocycles. The van der Waals surface area contributed by atoms with Crippen LogP contribution in [-0.2, 0) is 4.79 Å². The number of thiocarbonyl (C=S) groups is 1. The van der Waals surface area contributed by atoms with Crippen molar-refractivity contribution in [3.05, 3.63) is 58.6 Å². The molecule has 0 radical (unpaired) electrons. The molecule has 0 fully saturated rings. The molecular weight excluding hydrogens is 329 g/mol. The number of para-hydroxylation sites is 2. The van der Waals surface area contributed by atoms with E-state index in [2.05, 4.69) is 10.7 Å². The van der Waals surface area contributed by atoms with Crippen LogP contribution in [0.15, 0.2) is 48.5 Å². The van der Waals surface area contributed by atoms with Crippen molar-refractivity contribution in [3.8, 4) is 0 Å². The van der Waals surface area contributed by atoms with E-state index in [0.29, 0.717) is 27.8 Å². The maximum Gasteiger partial charge on any atom is 0.232 e. The minimum atomic E-state index is 0.218. The zero-order valence-corrected chi connectivity index (χ0v) is 13.0. The van der Waals surface area contributed by atoms with Gasteiger partial charge in [0, 0.05) is 0 Å². The molecule has 7 heteroatoms. The lowest BCUT2D eigenvalue weighted by atomic mass is 10.3.